The lowest BCUT2D eigenvalue weighted by atomic mass is 9.93. The van der Waals surface area contributed by atoms with Crippen LogP contribution in [-0.2, 0) is 39.0 Å². The summed E-state index contributed by atoms with van der Waals surface area (Å²) in [6.45, 7) is 6.15. The van der Waals surface area contributed by atoms with E-state index >= 15 is 0 Å². The average molecular weight is 709 g/mol. The van der Waals surface area contributed by atoms with E-state index in [4.69, 9.17) is 62.2 Å². The quantitative estimate of drug-likeness (QED) is 0.310. The minimum atomic E-state index is -1.79. The molecule has 0 amide bonds. The Morgan fingerprint density at radius 3 is 1.43 bits per heavy atom. The van der Waals surface area contributed by atoms with E-state index in [1.54, 1.807) is 30.3 Å². The molecule has 0 spiro atoms. The molecule has 3 aliphatic rings. The Hall–Kier alpha value is -4.12. The molecule has 3 heterocycles. The normalized spacial score (nSPS) is 21.9. The van der Waals surface area contributed by atoms with Crippen LogP contribution in [0.25, 0.3) is 0 Å². The molecule has 3 aromatic carbocycles. The first-order chi connectivity index (χ1) is 25.3. The Labute approximate surface area is 296 Å². The van der Waals surface area contributed by atoms with Crippen LogP contribution in [0.5, 0.6) is 23.0 Å². The van der Waals surface area contributed by atoms with Crippen LogP contribution in [0.2, 0.25) is 0 Å². The van der Waals surface area contributed by atoms with E-state index in [0.717, 1.165) is 5.56 Å². The highest BCUT2D eigenvalue weighted by molar-refractivity contribution is 6.20. The van der Waals surface area contributed by atoms with Gasteiger partial charge in [-0.2, -0.15) is 4.89 Å². The Morgan fingerprint density at radius 2 is 0.922 bits per heavy atom. The predicted molar refractivity (Wildman–Crippen MR) is 185 cm³/mol. The molecule has 0 aliphatic carbocycles. The zero-order chi connectivity index (χ0) is 35.0. The number of nitrogens with zero attached hydrogens (tertiary/aromatic N) is 2. The summed E-state index contributed by atoms with van der Waals surface area (Å²) in [7, 11) is 0. The van der Waals surface area contributed by atoms with E-state index in [9.17, 15) is 5.26 Å². The predicted octanol–water partition coefficient (Wildman–Crippen LogP) is 3.92. The molecule has 0 radical (unpaired) electrons. The largest absolute Gasteiger partial charge is 0.487 e. The highest BCUT2D eigenvalue weighted by Crippen LogP contribution is 2.42. The van der Waals surface area contributed by atoms with Crippen LogP contribution in [0.3, 0.4) is 0 Å². The van der Waals surface area contributed by atoms with Gasteiger partial charge in [0.25, 0.3) is 5.72 Å². The minimum Gasteiger partial charge on any atom is -0.487 e. The second-order valence-corrected chi connectivity index (χ2v) is 11.4. The maximum atomic E-state index is 10.8. The fourth-order valence-electron chi connectivity index (χ4n) is 5.47. The SMILES string of the molecule is OOC1(c2ccc3c(c2)OCCOCCOCCOCCO3)N=C(c2ccccc2)N=C1c1ccc2c(c1)OCCOCCOCCOCCO2. The van der Waals surface area contributed by atoms with Crippen molar-refractivity contribution in [1.82, 2.24) is 0 Å². The van der Waals surface area contributed by atoms with Crippen LogP contribution in [0.4, 0.5) is 0 Å². The van der Waals surface area contributed by atoms with Crippen LogP contribution in [0.1, 0.15) is 16.7 Å². The summed E-state index contributed by atoms with van der Waals surface area (Å²) >= 11 is 0. The summed E-state index contributed by atoms with van der Waals surface area (Å²) < 4.78 is 58.0. The molecule has 14 nitrogen and oxygen atoms in total. The van der Waals surface area contributed by atoms with Crippen LogP contribution in [0, 0.1) is 0 Å². The highest BCUT2D eigenvalue weighted by atomic mass is 17.1. The first-order valence-electron chi connectivity index (χ1n) is 17.1. The molecular formula is C37H44N2O12. The number of rotatable bonds is 4. The van der Waals surface area contributed by atoms with Gasteiger partial charge in [-0.05, 0) is 36.4 Å². The number of ether oxygens (including phenoxy) is 10. The standard InChI is InChI=1S/C37H44N2O12/c40-51-37(30-7-9-32-34(27-30)50-25-21-46-17-13-42-11-15-44-19-23-48-32)35(38-36(39-37)28-4-2-1-3-5-28)29-6-8-31-33(26-29)49-24-20-45-16-12-41-10-14-43-18-22-47-31/h1-9,26-27,40H,10-25H2. The molecule has 1 unspecified atom stereocenters. The molecule has 0 bridgehead atoms. The van der Waals surface area contributed by atoms with Crippen molar-refractivity contribution in [3.8, 4) is 23.0 Å². The van der Waals surface area contributed by atoms with Crippen molar-refractivity contribution < 1.29 is 57.5 Å². The van der Waals surface area contributed by atoms with Gasteiger partial charge in [-0.25, -0.2) is 15.2 Å². The van der Waals surface area contributed by atoms with Gasteiger partial charge in [-0.3, -0.25) is 0 Å². The number of hydrogen-bond donors (Lipinski definition) is 1. The summed E-state index contributed by atoms with van der Waals surface area (Å²) in [5.74, 6) is 2.22. The molecular weight excluding hydrogens is 664 g/mol. The Balaban J connectivity index is 1.35. The van der Waals surface area contributed by atoms with Crippen molar-refractivity contribution in [2.24, 2.45) is 9.98 Å². The van der Waals surface area contributed by atoms with Gasteiger partial charge in [0.1, 0.15) is 32.1 Å². The zero-order valence-electron chi connectivity index (χ0n) is 28.5. The first kappa shape index (κ1) is 36.7. The van der Waals surface area contributed by atoms with Gasteiger partial charge >= 0.3 is 0 Å². The van der Waals surface area contributed by atoms with Gasteiger partial charge in [0.05, 0.1) is 79.3 Å². The maximum Gasteiger partial charge on any atom is 0.263 e. The first-order valence-corrected chi connectivity index (χ1v) is 17.1. The fraction of sp³-hybridized carbons (Fsp3) is 0.459. The lowest BCUT2D eigenvalue weighted by molar-refractivity contribution is -0.302. The number of benzene rings is 3. The fourth-order valence-corrected chi connectivity index (χ4v) is 5.47. The van der Waals surface area contributed by atoms with E-state index in [2.05, 4.69) is 0 Å². The Bertz CT molecular complexity index is 1590. The molecule has 0 fully saturated rings. The van der Waals surface area contributed by atoms with Gasteiger partial charge in [0, 0.05) is 16.7 Å². The van der Waals surface area contributed by atoms with Crippen LogP contribution >= 0.6 is 0 Å². The van der Waals surface area contributed by atoms with Gasteiger partial charge in [0.2, 0.25) is 0 Å². The number of amidine groups is 1. The van der Waals surface area contributed by atoms with E-state index in [1.165, 1.54) is 0 Å². The molecule has 51 heavy (non-hydrogen) atoms. The second kappa shape index (κ2) is 19.5. The third-order valence-electron chi connectivity index (χ3n) is 7.95. The van der Waals surface area contributed by atoms with E-state index < -0.39 is 5.72 Å². The molecule has 0 saturated heterocycles. The van der Waals surface area contributed by atoms with Crippen molar-refractivity contribution in [1.29, 1.82) is 0 Å². The number of aliphatic imine (C=N–C) groups is 2. The summed E-state index contributed by atoms with van der Waals surface area (Å²) in [6.07, 6.45) is 0. The topological polar surface area (TPSA) is 146 Å². The van der Waals surface area contributed by atoms with Gasteiger partial charge < -0.3 is 47.4 Å². The van der Waals surface area contributed by atoms with Crippen LogP contribution in [0.15, 0.2) is 76.7 Å². The third-order valence-corrected chi connectivity index (χ3v) is 7.95. The molecule has 6 rings (SSSR count). The molecule has 0 saturated carbocycles. The van der Waals surface area contributed by atoms with Crippen molar-refractivity contribution in [3.05, 3.63) is 83.4 Å². The van der Waals surface area contributed by atoms with E-state index in [1.807, 2.05) is 36.4 Å². The molecule has 0 aromatic heterocycles. The lowest BCUT2D eigenvalue weighted by Crippen LogP contribution is -2.35. The second-order valence-electron chi connectivity index (χ2n) is 11.4. The van der Waals surface area contributed by atoms with E-state index in [0.29, 0.717) is 138 Å². The van der Waals surface area contributed by atoms with E-state index in [-0.39, 0.29) is 13.2 Å². The summed E-state index contributed by atoms with van der Waals surface area (Å²) in [5, 5.41) is 10.8. The van der Waals surface area contributed by atoms with Crippen LogP contribution < -0.4 is 18.9 Å². The monoisotopic (exact) mass is 708 g/mol. The molecule has 1 atom stereocenters. The molecule has 3 aromatic rings. The van der Waals surface area contributed by atoms with Crippen LogP contribution in [-0.4, -0.2) is 123 Å². The molecule has 14 heteroatoms. The van der Waals surface area contributed by atoms with Crippen molar-refractivity contribution >= 4 is 11.5 Å². The summed E-state index contributed by atoms with van der Waals surface area (Å²) in [6, 6.07) is 20.1. The molecule has 3 aliphatic heterocycles. The van der Waals surface area contributed by atoms with Crippen molar-refractivity contribution in [3.63, 3.8) is 0 Å². The molecule has 274 valence electrons. The highest BCUT2D eigenvalue weighted by Gasteiger charge is 2.46. The van der Waals surface area contributed by atoms with Gasteiger partial charge in [-0.1, -0.05) is 30.3 Å². The zero-order valence-corrected chi connectivity index (χ0v) is 28.5. The Morgan fingerprint density at radius 1 is 0.471 bits per heavy atom. The average Bonchev–Trinajstić information content (AvgIpc) is 3.56. The summed E-state index contributed by atoms with van der Waals surface area (Å²) in [4.78, 5) is 15.2. The third kappa shape index (κ3) is 10.0. The lowest BCUT2D eigenvalue weighted by Gasteiger charge is -2.26. The van der Waals surface area contributed by atoms with Gasteiger partial charge in [0.15, 0.2) is 28.8 Å². The minimum absolute atomic E-state index is 0.243. The Kier molecular flexibility index (Phi) is 14.0. The number of fused-ring (bicyclic) bond motifs is 2. The molecule has 1 N–H and O–H groups in total. The van der Waals surface area contributed by atoms with Crippen molar-refractivity contribution in [2.75, 3.05) is 106 Å². The van der Waals surface area contributed by atoms with Gasteiger partial charge in [-0.15, -0.1) is 0 Å². The smallest absolute Gasteiger partial charge is 0.263 e. The summed E-state index contributed by atoms with van der Waals surface area (Å²) in [5.41, 5.74) is 0.284. The number of hydrogen-bond acceptors (Lipinski definition) is 14. The van der Waals surface area contributed by atoms with Crippen molar-refractivity contribution in [2.45, 2.75) is 5.72 Å². The maximum absolute atomic E-state index is 10.8.